The van der Waals surface area contributed by atoms with E-state index in [4.69, 9.17) is 4.42 Å². The van der Waals surface area contributed by atoms with Crippen molar-refractivity contribution in [1.29, 1.82) is 0 Å². The molecule has 0 radical (unpaired) electrons. The molecular formula is C24H29N3O3. The van der Waals surface area contributed by atoms with Gasteiger partial charge in [-0.05, 0) is 63.0 Å². The van der Waals surface area contributed by atoms with E-state index in [0.717, 1.165) is 12.8 Å². The van der Waals surface area contributed by atoms with E-state index in [2.05, 4.69) is 10.2 Å². The van der Waals surface area contributed by atoms with E-state index in [-0.39, 0.29) is 17.5 Å². The maximum absolute atomic E-state index is 13.3. The molecule has 6 nitrogen and oxygen atoms in total. The standard InChI is InChI=1S/C24H29N3O3/c28-23(19-8-3-1-4-9-19)25-22(18-21-10-7-17-30-21)24(29)27-15-11-20(12-16-27)26-13-5-2-6-14-26/h1,3-4,7-10,17-18,20H,2,5-6,11-16H2,(H,25,28). The Balaban J connectivity index is 1.44. The molecule has 1 aromatic carbocycles. The van der Waals surface area contributed by atoms with Gasteiger partial charge in [0.1, 0.15) is 11.5 Å². The predicted molar refractivity (Wildman–Crippen MR) is 116 cm³/mol. The lowest BCUT2D eigenvalue weighted by Crippen LogP contribution is -2.49. The molecule has 0 unspecified atom stereocenters. The largest absolute Gasteiger partial charge is 0.465 e. The van der Waals surface area contributed by atoms with Gasteiger partial charge in [0.05, 0.1) is 6.26 Å². The van der Waals surface area contributed by atoms with Crippen LogP contribution in [-0.2, 0) is 4.79 Å². The van der Waals surface area contributed by atoms with Gasteiger partial charge in [-0.1, -0.05) is 24.6 Å². The number of nitrogens with zero attached hydrogens (tertiary/aromatic N) is 2. The van der Waals surface area contributed by atoms with E-state index in [9.17, 15) is 9.59 Å². The Bertz CT molecular complexity index is 862. The van der Waals surface area contributed by atoms with E-state index in [0.29, 0.717) is 30.5 Å². The molecule has 2 aromatic rings. The van der Waals surface area contributed by atoms with Crippen LogP contribution in [0.5, 0.6) is 0 Å². The molecule has 0 saturated carbocycles. The lowest BCUT2D eigenvalue weighted by Gasteiger charge is -2.40. The lowest BCUT2D eigenvalue weighted by atomic mass is 9.99. The minimum Gasteiger partial charge on any atom is -0.465 e. The Labute approximate surface area is 177 Å². The molecule has 0 spiro atoms. The molecule has 2 saturated heterocycles. The zero-order valence-corrected chi connectivity index (χ0v) is 17.3. The topological polar surface area (TPSA) is 65.8 Å². The van der Waals surface area contributed by atoms with E-state index < -0.39 is 0 Å². The highest BCUT2D eigenvalue weighted by Crippen LogP contribution is 2.22. The average Bonchev–Trinajstić information content (AvgIpc) is 3.32. The number of hydrogen-bond donors (Lipinski definition) is 1. The second kappa shape index (κ2) is 9.76. The lowest BCUT2D eigenvalue weighted by molar-refractivity contribution is -0.129. The van der Waals surface area contributed by atoms with Gasteiger partial charge < -0.3 is 19.5 Å². The maximum Gasteiger partial charge on any atom is 0.270 e. The molecule has 0 atom stereocenters. The molecule has 0 bridgehead atoms. The van der Waals surface area contributed by atoms with Crippen molar-refractivity contribution in [2.75, 3.05) is 26.2 Å². The first kappa shape index (κ1) is 20.4. The summed E-state index contributed by atoms with van der Waals surface area (Å²) in [6, 6.07) is 13.0. The van der Waals surface area contributed by atoms with E-state index in [1.165, 1.54) is 32.4 Å². The number of carbonyl (C=O) groups excluding carboxylic acids is 2. The summed E-state index contributed by atoms with van der Waals surface area (Å²) in [6.07, 6.45) is 9.01. The third-order valence-electron chi connectivity index (χ3n) is 6.00. The van der Waals surface area contributed by atoms with Gasteiger partial charge in [-0.25, -0.2) is 0 Å². The minimum atomic E-state index is -0.301. The van der Waals surface area contributed by atoms with Gasteiger partial charge in [0.2, 0.25) is 0 Å². The summed E-state index contributed by atoms with van der Waals surface area (Å²) in [5.41, 5.74) is 0.759. The van der Waals surface area contributed by atoms with Crippen molar-refractivity contribution < 1.29 is 14.0 Å². The molecule has 6 heteroatoms. The quantitative estimate of drug-likeness (QED) is 0.770. The second-order valence-electron chi connectivity index (χ2n) is 8.01. The Kier molecular flexibility index (Phi) is 6.64. The van der Waals surface area contributed by atoms with Gasteiger partial charge in [0, 0.05) is 30.8 Å². The molecular weight excluding hydrogens is 378 g/mol. The summed E-state index contributed by atoms with van der Waals surface area (Å²) in [5, 5.41) is 2.80. The predicted octanol–water partition coefficient (Wildman–Crippen LogP) is 3.53. The van der Waals surface area contributed by atoms with Crippen LogP contribution in [0.25, 0.3) is 6.08 Å². The molecule has 1 N–H and O–H groups in total. The third kappa shape index (κ3) is 5.00. The van der Waals surface area contributed by atoms with Crippen molar-refractivity contribution in [3.63, 3.8) is 0 Å². The highest BCUT2D eigenvalue weighted by Gasteiger charge is 2.29. The molecule has 2 aliphatic rings. The van der Waals surface area contributed by atoms with Crippen LogP contribution in [-0.4, -0.2) is 53.8 Å². The fraction of sp³-hybridized carbons (Fsp3) is 0.417. The summed E-state index contributed by atoms with van der Waals surface area (Å²) in [5.74, 6) is 0.0765. The van der Waals surface area contributed by atoms with Crippen LogP contribution < -0.4 is 5.32 Å². The van der Waals surface area contributed by atoms with Crippen LogP contribution in [0.3, 0.4) is 0 Å². The summed E-state index contributed by atoms with van der Waals surface area (Å²) in [6.45, 7) is 3.76. The molecule has 0 aliphatic carbocycles. The first-order valence-corrected chi connectivity index (χ1v) is 10.9. The summed E-state index contributed by atoms with van der Waals surface area (Å²) in [7, 11) is 0. The average molecular weight is 408 g/mol. The van der Waals surface area contributed by atoms with Crippen molar-refractivity contribution in [2.45, 2.75) is 38.1 Å². The Hall–Kier alpha value is -2.86. The normalized spacial score (nSPS) is 18.9. The van der Waals surface area contributed by atoms with Crippen LogP contribution in [0.4, 0.5) is 0 Å². The molecule has 4 rings (SSSR count). The highest BCUT2D eigenvalue weighted by atomic mass is 16.3. The fourth-order valence-corrected chi connectivity index (χ4v) is 4.34. The number of carbonyl (C=O) groups is 2. The van der Waals surface area contributed by atoms with E-state index >= 15 is 0 Å². The van der Waals surface area contributed by atoms with Crippen LogP contribution in [0.1, 0.15) is 48.2 Å². The SMILES string of the molecule is O=C(NC(=Cc1ccco1)C(=O)N1CCC(N2CCCCC2)CC1)c1ccccc1. The van der Waals surface area contributed by atoms with Crippen LogP contribution in [0, 0.1) is 0 Å². The van der Waals surface area contributed by atoms with Gasteiger partial charge in [-0.2, -0.15) is 0 Å². The number of nitrogens with one attached hydrogen (secondary N) is 1. The fourth-order valence-electron chi connectivity index (χ4n) is 4.34. The van der Waals surface area contributed by atoms with E-state index in [1.54, 1.807) is 48.7 Å². The molecule has 2 amide bonds. The van der Waals surface area contributed by atoms with Gasteiger partial charge in [-0.3, -0.25) is 9.59 Å². The first-order valence-electron chi connectivity index (χ1n) is 10.9. The van der Waals surface area contributed by atoms with Crippen molar-refractivity contribution in [1.82, 2.24) is 15.1 Å². The second-order valence-corrected chi connectivity index (χ2v) is 8.01. The van der Waals surface area contributed by atoms with Gasteiger partial charge in [0.25, 0.3) is 11.8 Å². The number of benzene rings is 1. The number of amides is 2. The summed E-state index contributed by atoms with van der Waals surface area (Å²) >= 11 is 0. The number of piperidine rings is 2. The molecule has 158 valence electrons. The van der Waals surface area contributed by atoms with Crippen molar-refractivity contribution in [3.8, 4) is 0 Å². The Morgan fingerprint density at radius 2 is 1.67 bits per heavy atom. The smallest absolute Gasteiger partial charge is 0.270 e. The Morgan fingerprint density at radius 1 is 0.933 bits per heavy atom. The molecule has 1 aromatic heterocycles. The third-order valence-corrected chi connectivity index (χ3v) is 6.00. The Morgan fingerprint density at radius 3 is 2.33 bits per heavy atom. The maximum atomic E-state index is 13.3. The van der Waals surface area contributed by atoms with Crippen LogP contribution in [0.2, 0.25) is 0 Å². The molecule has 30 heavy (non-hydrogen) atoms. The first-order chi connectivity index (χ1) is 14.7. The van der Waals surface area contributed by atoms with Crippen molar-refractivity contribution in [3.05, 3.63) is 65.7 Å². The number of rotatable bonds is 5. The van der Waals surface area contributed by atoms with Crippen LogP contribution >= 0.6 is 0 Å². The minimum absolute atomic E-state index is 0.159. The summed E-state index contributed by atoms with van der Waals surface area (Å²) in [4.78, 5) is 30.4. The van der Waals surface area contributed by atoms with Gasteiger partial charge in [-0.15, -0.1) is 0 Å². The highest BCUT2D eigenvalue weighted by molar-refractivity contribution is 6.05. The van der Waals surface area contributed by atoms with Crippen LogP contribution in [0.15, 0.2) is 58.8 Å². The summed E-state index contributed by atoms with van der Waals surface area (Å²) < 4.78 is 5.38. The zero-order chi connectivity index (χ0) is 20.8. The zero-order valence-electron chi connectivity index (χ0n) is 17.3. The molecule has 2 aliphatic heterocycles. The van der Waals surface area contributed by atoms with Crippen molar-refractivity contribution in [2.24, 2.45) is 0 Å². The van der Waals surface area contributed by atoms with E-state index in [1.807, 2.05) is 11.0 Å². The number of hydrogen-bond acceptors (Lipinski definition) is 4. The monoisotopic (exact) mass is 407 g/mol. The van der Waals surface area contributed by atoms with Gasteiger partial charge >= 0.3 is 0 Å². The van der Waals surface area contributed by atoms with Gasteiger partial charge in [0.15, 0.2) is 0 Å². The molecule has 2 fully saturated rings. The molecule has 3 heterocycles. The number of furan rings is 1. The van der Waals surface area contributed by atoms with Crippen molar-refractivity contribution >= 4 is 17.9 Å². The number of likely N-dealkylation sites (tertiary alicyclic amines) is 2.